The molecule has 1 aromatic rings. The molecule has 0 saturated carbocycles. The minimum absolute atomic E-state index is 0.00989. The molecule has 7 heteroatoms. The number of hydrogen-bond acceptors (Lipinski definition) is 5. The largest absolute Gasteiger partial charge is 0.491 e. The maximum Gasteiger partial charge on any atom is 0.257 e. The highest BCUT2D eigenvalue weighted by Crippen LogP contribution is 2.23. The van der Waals surface area contributed by atoms with Gasteiger partial charge in [0.25, 0.3) is 5.91 Å². The van der Waals surface area contributed by atoms with Crippen molar-refractivity contribution in [3.63, 3.8) is 0 Å². The van der Waals surface area contributed by atoms with Gasteiger partial charge in [-0.25, -0.2) is 0 Å². The van der Waals surface area contributed by atoms with E-state index in [-0.39, 0.29) is 17.9 Å². The van der Waals surface area contributed by atoms with Gasteiger partial charge in [-0.2, -0.15) is 0 Å². The molecule has 2 aliphatic heterocycles. The van der Waals surface area contributed by atoms with Crippen LogP contribution in [-0.4, -0.2) is 102 Å². The number of para-hydroxylation sites is 1. The Hall–Kier alpha value is -2.12. The molecule has 1 aromatic carbocycles. The fourth-order valence-corrected chi connectivity index (χ4v) is 5.17. The van der Waals surface area contributed by atoms with E-state index >= 15 is 0 Å². The van der Waals surface area contributed by atoms with E-state index in [9.17, 15) is 9.59 Å². The lowest BCUT2D eigenvalue weighted by atomic mass is 10.0. The lowest BCUT2D eigenvalue weighted by molar-refractivity contribution is -0.136. The SMILES string of the molecule is CCN1CCCCN(C(=O)CN2CCN(C(C)C)CC2)[C@@H](CC(C)C)COc2ccccc2C1=O. The molecule has 2 amide bonds. The first-order chi connectivity index (χ1) is 16.8. The standard InChI is InChI=1S/C28H46N4O3/c1-6-30-13-9-10-14-32(27(33)20-29-15-17-31(18-16-29)23(4)5)24(19-22(2)3)21-35-26-12-8-7-11-25(26)28(30)34/h7-8,11-12,22-24H,6,9-10,13-21H2,1-5H3/t24-/m0/s1. The Bertz CT molecular complexity index is 820. The van der Waals surface area contributed by atoms with Gasteiger partial charge in [0.1, 0.15) is 12.4 Å². The van der Waals surface area contributed by atoms with Crippen molar-refractivity contribution in [3.05, 3.63) is 29.8 Å². The molecule has 1 fully saturated rings. The van der Waals surface area contributed by atoms with Crippen LogP contribution in [0.15, 0.2) is 24.3 Å². The Kier molecular flexibility index (Phi) is 10.4. The second-order valence-corrected chi connectivity index (χ2v) is 10.7. The van der Waals surface area contributed by atoms with Crippen LogP contribution in [0, 0.1) is 5.92 Å². The number of ether oxygens (including phenoxy) is 1. The highest BCUT2D eigenvalue weighted by atomic mass is 16.5. The number of nitrogens with zero attached hydrogens (tertiary/aromatic N) is 4. The van der Waals surface area contributed by atoms with Gasteiger partial charge in [0.2, 0.25) is 5.91 Å². The van der Waals surface area contributed by atoms with Gasteiger partial charge in [0, 0.05) is 51.9 Å². The molecule has 0 aromatic heterocycles. The van der Waals surface area contributed by atoms with Crippen LogP contribution < -0.4 is 4.74 Å². The van der Waals surface area contributed by atoms with Crippen LogP contribution in [0.2, 0.25) is 0 Å². The average Bonchev–Trinajstić information content (AvgIpc) is 2.83. The number of fused-ring (bicyclic) bond motifs is 1. The van der Waals surface area contributed by atoms with E-state index in [2.05, 4.69) is 42.4 Å². The van der Waals surface area contributed by atoms with Crippen molar-refractivity contribution in [2.45, 2.75) is 66.0 Å². The van der Waals surface area contributed by atoms with Crippen LogP contribution >= 0.6 is 0 Å². The third-order valence-corrected chi connectivity index (χ3v) is 7.30. The van der Waals surface area contributed by atoms with Gasteiger partial charge in [-0.05, 0) is 58.1 Å². The Balaban J connectivity index is 1.78. The van der Waals surface area contributed by atoms with E-state index in [1.54, 1.807) is 0 Å². The van der Waals surface area contributed by atoms with Crippen molar-refractivity contribution < 1.29 is 14.3 Å². The predicted molar refractivity (Wildman–Crippen MR) is 141 cm³/mol. The van der Waals surface area contributed by atoms with E-state index in [4.69, 9.17) is 4.74 Å². The van der Waals surface area contributed by atoms with Gasteiger partial charge in [-0.1, -0.05) is 26.0 Å². The first kappa shape index (κ1) is 27.5. The number of rotatable bonds is 6. The molecule has 1 atom stereocenters. The highest BCUT2D eigenvalue weighted by molar-refractivity contribution is 5.96. The van der Waals surface area contributed by atoms with Crippen molar-refractivity contribution in [2.24, 2.45) is 5.92 Å². The minimum atomic E-state index is -0.00989. The molecular formula is C28H46N4O3. The molecule has 0 bridgehead atoms. The fourth-order valence-electron chi connectivity index (χ4n) is 5.17. The van der Waals surface area contributed by atoms with E-state index < -0.39 is 0 Å². The molecule has 3 rings (SSSR count). The molecule has 7 nitrogen and oxygen atoms in total. The summed E-state index contributed by atoms with van der Waals surface area (Å²) in [6, 6.07) is 8.06. The number of carbonyl (C=O) groups is 2. The number of hydrogen-bond donors (Lipinski definition) is 0. The van der Waals surface area contributed by atoms with Crippen molar-refractivity contribution in [1.82, 2.24) is 19.6 Å². The second-order valence-electron chi connectivity index (χ2n) is 10.7. The molecule has 2 aliphatic rings. The minimum Gasteiger partial charge on any atom is -0.491 e. The third-order valence-electron chi connectivity index (χ3n) is 7.30. The second kappa shape index (κ2) is 13.3. The summed E-state index contributed by atoms with van der Waals surface area (Å²) in [5.41, 5.74) is 0.610. The Labute approximate surface area is 212 Å². The summed E-state index contributed by atoms with van der Waals surface area (Å²) in [6.45, 7) is 17.7. The fraction of sp³-hybridized carbons (Fsp3) is 0.714. The molecule has 35 heavy (non-hydrogen) atoms. The van der Waals surface area contributed by atoms with Gasteiger partial charge in [0.05, 0.1) is 18.2 Å². The summed E-state index contributed by atoms with van der Waals surface area (Å²) in [5.74, 6) is 1.28. The lowest BCUT2D eigenvalue weighted by Gasteiger charge is -2.39. The maximum absolute atomic E-state index is 13.7. The van der Waals surface area contributed by atoms with Crippen molar-refractivity contribution in [1.29, 1.82) is 0 Å². The highest BCUT2D eigenvalue weighted by Gasteiger charge is 2.29. The van der Waals surface area contributed by atoms with Gasteiger partial charge >= 0.3 is 0 Å². The Morgan fingerprint density at radius 2 is 1.69 bits per heavy atom. The molecule has 0 radical (unpaired) electrons. The Morgan fingerprint density at radius 1 is 1.00 bits per heavy atom. The summed E-state index contributed by atoms with van der Waals surface area (Å²) in [6.07, 6.45) is 2.64. The van der Waals surface area contributed by atoms with E-state index in [0.717, 1.165) is 45.4 Å². The summed E-state index contributed by atoms with van der Waals surface area (Å²) in [4.78, 5) is 35.6. The van der Waals surface area contributed by atoms with Crippen LogP contribution in [0.1, 0.15) is 64.2 Å². The van der Waals surface area contributed by atoms with Crippen LogP contribution in [0.5, 0.6) is 5.75 Å². The summed E-state index contributed by atoms with van der Waals surface area (Å²) in [5, 5.41) is 0. The normalized spacial score (nSPS) is 21.5. The molecule has 0 aliphatic carbocycles. The maximum atomic E-state index is 13.7. The number of piperazine rings is 1. The number of benzene rings is 1. The summed E-state index contributed by atoms with van der Waals surface area (Å²) < 4.78 is 6.29. The van der Waals surface area contributed by atoms with Crippen molar-refractivity contribution in [2.75, 3.05) is 59.0 Å². The zero-order valence-corrected chi connectivity index (χ0v) is 22.5. The van der Waals surface area contributed by atoms with Gasteiger partial charge in [-0.3, -0.25) is 19.4 Å². The third kappa shape index (κ3) is 7.68. The quantitative estimate of drug-likeness (QED) is 0.615. The smallest absolute Gasteiger partial charge is 0.257 e. The summed E-state index contributed by atoms with van der Waals surface area (Å²) in [7, 11) is 0. The van der Waals surface area contributed by atoms with Crippen LogP contribution in [-0.2, 0) is 4.79 Å². The van der Waals surface area contributed by atoms with E-state index in [1.165, 1.54) is 0 Å². The van der Waals surface area contributed by atoms with Crippen molar-refractivity contribution in [3.8, 4) is 5.75 Å². The van der Waals surface area contributed by atoms with Gasteiger partial charge in [0.15, 0.2) is 0 Å². The van der Waals surface area contributed by atoms with Gasteiger partial charge < -0.3 is 14.5 Å². The summed E-state index contributed by atoms with van der Waals surface area (Å²) >= 11 is 0. The Morgan fingerprint density at radius 3 is 2.34 bits per heavy atom. The van der Waals surface area contributed by atoms with E-state index in [0.29, 0.717) is 56.1 Å². The van der Waals surface area contributed by atoms with Crippen LogP contribution in [0.3, 0.4) is 0 Å². The predicted octanol–water partition coefficient (Wildman–Crippen LogP) is 3.59. The first-order valence-electron chi connectivity index (χ1n) is 13.6. The van der Waals surface area contributed by atoms with Crippen LogP contribution in [0.4, 0.5) is 0 Å². The zero-order chi connectivity index (χ0) is 25.4. The monoisotopic (exact) mass is 486 g/mol. The molecule has 1 saturated heterocycles. The molecule has 0 N–H and O–H groups in total. The molecular weight excluding hydrogens is 440 g/mol. The van der Waals surface area contributed by atoms with Gasteiger partial charge in [-0.15, -0.1) is 0 Å². The molecule has 0 unspecified atom stereocenters. The average molecular weight is 487 g/mol. The number of amides is 2. The number of carbonyl (C=O) groups excluding carboxylic acids is 2. The zero-order valence-electron chi connectivity index (χ0n) is 22.5. The first-order valence-corrected chi connectivity index (χ1v) is 13.6. The molecule has 2 heterocycles. The van der Waals surface area contributed by atoms with Crippen molar-refractivity contribution >= 4 is 11.8 Å². The lowest BCUT2D eigenvalue weighted by Crippen LogP contribution is -2.53. The topological polar surface area (TPSA) is 56.3 Å². The molecule has 196 valence electrons. The van der Waals surface area contributed by atoms with Crippen LogP contribution in [0.25, 0.3) is 0 Å². The van der Waals surface area contributed by atoms with E-state index in [1.807, 2.05) is 36.1 Å². The molecule has 0 spiro atoms.